The van der Waals surface area contributed by atoms with Crippen LogP contribution in [0.4, 0.5) is 5.69 Å². The van der Waals surface area contributed by atoms with Crippen molar-refractivity contribution in [3.8, 4) is 5.75 Å². The molecule has 2 aliphatic rings. The second-order valence-electron chi connectivity index (χ2n) is 8.37. The third-order valence-electron chi connectivity index (χ3n) is 6.34. The lowest BCUT2D eigenvalue weighted by atomic mass is 9.95. The monoisotopic (exact) mass is 428 g/mol. The molecule has 2 bridgehead atoms. The minimum absolute atomic E-state index is 0.163. The van der Waals surface area contributed by atoms with E-state index in [2.05, 4.69) is 5.32 Å². The Balaban J connectivity index is 1.59. The van der Waals surface area contributed by atoms with Gasteiger partial charge in [0.1, 0.15) is 12.3 Å². The summed E-state index contributed by atoms with van der Waals surface area (Å²) in [6, 6.07) is 13.6. The molecule has 3 atom stereocenters. The number of nitrogens with one attached hydrogen (secondary N) is 1. The molecule has 0 heterocycles. The standard InChI is InChI=1S/C23H28N2O4S/c1-16-3-11-21(12-4-16)30(27,28)25(19-7-9-20(29-2)10-8-19)15-23(26)24-22-14-17-5-6-18(22)13-17/h3-4,7-12,17-18,22H,5-6,13-15H2,1-2H3,(H,24,26)/t17-,18+,22-/m1/s1. The molecule has 2 fully saturated rings. The molecule has 2 aromatic rings. The zero-order valence-corrected chi connectivity index (χ0v) is 18.2. The number of hydrogen-bond donors (Lipinski definition) is 1. The molecule has 4 rings (SSSR count). The number of carbonyl (C=O) groups excluding carboxylic acids is 1. The second-order valence-corrected chi connectivity index (χ2v) is 10.2. The van der Waals surface area contributed by atoms with Crippen molar-refractivity contribution in [1.82, 2.24) is 5.32 Å². The third kappa shape index (κ3) is 4.17. The molecular weight excluding hydrogens is 400 g/mol. The molecule has 6 nitrogen and oxygen atoms in total. The maximum absolute atomic E-state index is 13.4. The van der Waals surface area contributed by atoms with Gasteiger partial charge in [-0.15, -0.1) is 0 Å². The number of benzene rings is 2. The largest absolute Gasteiger partial charge is 0.497 e. The van der Waals surface area contributed by atoms with Crippen LogP contribution in [0.1, 0.15) is 31.2 Å². The third-order valence-corrected chi connectivity index (χ3v) is 8.13. The zero-order valence-electron chi connectivity index (χ0n) is 17.4. The fraction of sp³-hybridized carbons (Fsp3) is 0.435. The van der Waals surface area contributed by atoms with Crippen LogP contribution in [0.2, 0.25) is 0 Å². The van der Waals surface area contributed by atoms with Crippen molar-refractivity contribution in [2.24, 2.45) is 11.8 Å². The number of amides is 1. The van der Waals surface area contributed by atoms with E-state index >= 15 is 0 Å². The van der Waals surface area contributed by atoms with Gasteiger partial charge in [0.15, 0.2) is 0 Å². The van der Waals surface area contributed by atoms with Crippen molar-refractivity contribution in [3.05, 3.63) is 54.1 Å². The number of anilines is 1. The summed E-state index contributed by atoms with van der Waals surface area (Å²) >= 11 is 0. The van der Waals surface area contributed by atoms with E-state index in [9.17, 15) is 13.2 Å². The van der Waals surface area contributed by atoms with Gasteiger partial charge in [0, 0.05) is 6.04 Å². The van der Waals surface area contributed by atoms with Gasteiger partial charge in [-0.2, -0.15) is 0 Å². The SMILES string of the molecule is COc1ccc(N(CC(=O)N[C@@H]2C[C@@H]3CC[C@H]2C3)S(=O)(=O)c2ccc(C)cc2)cc1. The molecule has 30 heavy (non-hydrogen) atoms. The van der Waals surface area contributed by atoms with Crippen molar-refractivity contribution in [3.63, 3.8) is 0 Å². The van der Waals surface area contributed by atoms with Crippen LogP contribution in [0.3, 0.4) is 0 Å². The van der Waals surface area contributed by atoms with Crippen LogP contribution in [0.15, 0.2) is 53.4 Å². The number of methoxy groups -OCH3 is 1. The zero-order chi connectivity index (χ0) is 21.3. The first-order valence-electron chi connectivity index (χ1n) is 10.4. The number of fused-ring (bicyclic) bond motifs is 2. The molecule has 0 unspecified atom stereocenters. The number of aryl methyl sites for hydroxylation is 1. The van der Waals surface area contributed by atoms with Gasteiger partial charge in [0.05, 0.1) is 17.7 Å². The molecule has 2 aliphatic carbocycles. The first-order valence-corrected chi connectivity index (χ1v) is 11.8. The summed E-state index contributed by atoms with van der Waals surface area (Å²) in [4.78, 5) is 13.0. The summed E-state index contributed by atoms with van der Waals surface area (Å²) in [6.45, 7) is 1.65. The van der Waals surface area contributed by atoms with E-state index in [1.54, 1.807) is 55.6 Å². The molecule has 0 saturated heterocycles. The van der Waals surface area contributed by atoms with Crippen LogP contribution in [0.25, 0.3) is 0 Å². The fourth-order valence-corrected chi connectivity index (χ4v) is 6.13. The van der Waals surface area contributed by atoms with E-state index in [4.69, 9.17) is 4.74 Å². The van der Waals surface area contributed by atoms with Gasteiger partial charge in [-0.05, 0) is 74.4 Å². The number of nitrogens with zero attached hydrogens (tertiary/aromatic N) is 1. The second kappa shape index (κ2) is 8.30. The Hall–Kier alpha value is -2.54. The van der Waals surface area contributed by atoms with Crippen LogP contribution in [-0.4, -0.2) is 34.0 Å². The lowest BCUT2D eigenvalue weighted by Gasteiger charge is -2.27. The predicted molar refractivity (Wildman–Crippen MR) is 116 cm³/mol. The van der Waals surface area contributed by atoms with Crippen LogP contribution >= 0.6 is 0 Å². The highest BCUT2D eigenvalue weighted by atomic mass is 32.2. The Kier molecular flexibility index (Phi) is 5.73. The van der Waals surface area contributed by atoms with Crippen molar-refractivity contribution in [2.75, 3.05) is 18.0 Å². The van der Waals surface area contributed by atoms with E-state index < -0.39 is 10.0 Å². The number of hydrogen-bond acceptors (Lipinski definition) is 4. The number of ether oxygens (including phenoxy) is 1. The van der Waals surface area contributed by atoms with Crippen LogP contribution in [0, 0.1) is 18.8 Å². The van der Waals surface area contributed by atoms with Crippen molar-refractivity contribution < 1.29 is 17.9 Å². The summed E-state index contributed by atoms with van der Waals surface area (Å²) in [5.74, 6) is 1.59. The van der Waals surface area contributed by atoms with E-state index in [1.807, 2.05) is 6.92 Å². The van der Waals surface area contributed by atoms with E-state index in [-0.39, 0.29) is 23.4 Å². The van der Waals surface area contributed by atoms with Gasteiger partial charge in [0.2, 0.25) is 5.91 Å². The summed E-state index contributed by atoms with van der Waals surface area (Å²) in [5, 5.41) is 3.10. The summed E-state index contributed by atoms with van der Waals surface area (Å²) in [5.41, 5.74) is 1.40. The Bertz CT molecular complexity index is 1000. The normalized spacial score (nSPS) is 22.7. The highest BCUT2D eigenvalue weighted by Gasteiger charge is 2.40. The van der Waals surface area contributed by atoms with Gasteiger partial charge in [0.25, 0.3) is 10.0 Å². The Morgan fingerprint density at radius 1 is 1.07 bits per heavy atom. The van der Waals surface area contributed by atoms with E-state index in [0.29, 0.717) is 23.3 Å². The van der Waals surface area contributed by atoms with E-state index in [0.717, 1.165) is 18.4 Å². The molecule has 0 radical (unpaired) electrons. The molecule has 2 aromatic carbocycles. The molecule has 2 saturated carbocycles. The molecule has 0 spiro atoms. The number of rotatable bonds is 7. The van der Waals surface area contributed by atoms with Gasteiger partial charge >= 0.3 is 0 Å². The first-order chi connectivity index (χ1) is 14.4. The first kappa shape index (κ1) is 20.7. The predicted octanol–water partition coefficient (Wildman–Crippen LogP) is 3.50. The minimum Gasteiger partial charge on any atom is -0.497 e. The van der Waals surface area contributed by atoms with Gasteiger partial charge in [-0.3, -0.25) is 9.10 Å². The highest BCUT2D eigenvalue weighted by molar-refractivity contribution is 7.92. The van der Waals surface area contributed by atoms with Crippen LogP contribution in [-0.2, 0) is 14.8 Å². The minimum atomic E-state index is -3.90. The van der Waals surface area contributed by atoms with Gasteiger partial charge in [-0.25, -0.2) is 8.42 Å². The Morgan fingerprint density at radius 3 is 2.33 bits per heavy atom. The summed E-state index contributed by atoms with van der Waals surface area (Å²) in [7, 11) is -2.34. The number of sulfonamides is 1. The molecule has 160 valence electrons. The molecule has 0 aliphatic heterocycles. The highest BCUT2D eigenvalue weighted by Crippen LogP contribution is 2.44. The van der Waals surface area contributed by atoms with Crippen molar-refractivity contribution >= 4 is 21.6 Å². The molecular formula is C23H28N2O4S. The lowest BCUT2D eigenvalue weighted by Crippen LogP contribution is -2.45. The smallest absolute Gasteiger partial charge is 0.264 e. The van der Waals surface area contributed by atoms with Crippen molar-refractivity contribution in [2.45, 2.75) is 43.5 Å². The molecule has 1 N–H and O–H groups in total. The van der Waals surface area contributed by atoms with Crippen LogP contribution < -0.4 is 14.4 Å². The molecule has 0 aromatic heterocycles. The Morgan fingerprint density at radius 2 is 1.77 bits per heavy atom. The molecule has 7 heteroatoms. The van der Waals surface area contributed by atoms with Crippen molar-refractivity contribution in [1.29, 1.82) is 0 Å². The summed E-state index contributed by atoms with van der Waals surface area (Å²) < 4.78 is 33.2. The van der Waals surface area contributed by atoms with E-state index in [1.165, 1.54) is 17.1 Å². The number of carbonyl (C=O) groups is 1. The summed E-state index contributed by atoms with van der Waals surface area (Å²) in [6.07, 6.45) is 4.58. The maximum atomic E-state index is 13.4. The van der Waals surface area contributed by atoms with Crippen LogP contribution in [0.5, 0.6) is 5.75 Å². The lowest BCUT2D eigenvalue weighted by molar-refractivity contribution is -0.120. The average Bonchev–Trinajstić information content (AvgIpc) is 3.35. The topological polar surface area (TPSA) is 75.7 Å². The Labute approximate surface area is 178 Å². The fourth-order valence-electron chi connectivity index (χ4n) is 4.71. The van der Waals surface area contributed by atoms with Gasteiger partial charge in [-0.1, -0.05) is 24.1 Å². The maximum Gasteiger partial charge on any atom is 0.264 e. The molecule has 1 amide bonds. The average molecular weight is 429 g/mol. The van der Waals surface area contributed by atoms with Gasteiger partial charge < -0.3 is 10.1 Å². The quantitative estimate of drug-likeness (QED) is 0.732.